The lowest BCUT2D eigenvalue weighted by atomic mass is 9.98. The summed E-state index contributed by atoms with van der Waals surface area (Å²) in [5.74, 6) is -0.423. The molecule has 2 aromatic rings. The van der Waals surface area contributed by atoms with Gasteiger partial charge in [0.2, 0.25) is 0 Å². The topological polar surface area (TPSA) is 128 Å². The van der Waals surface area contributed by atoms with Crippen LogP contribution in [0, 0.1) is 23.7 Å². The third-order valence-electron chi connectivity index (χ3n) is 3.56. The van der Waals surface area contributed by atoms with Crippen molar-refractivity contribution < 1.29 is 4.79 Å². The molecule has 0 bridgehead atoms. The molecule has 0 saturated heterocycles. The molecular weight excluding hydrogens is 284 g/mol. The fourth-order valence-corrected chi connectivity index (χ4v) is 2.06. The van der Waals surface area contributed by atoms with Gasteiger partial charge in [0.1, 0.15) is 11.4 Å². The first-order chi connectivity index (χ1) is 10.4. The van der Waals surface area contributed by atoms with E-state index in [1.807, 2.05) is 0 Å². The van der Waals surface area contributed by atoms with Crippen LogP contribution in [0.15, 0.2) is 34.6 Å². The molecule has 0 unspecified atom stereocenters. The summed E-state index contributed by atoms with van der Waals surface area (Å²) in [6.07, 6.45) is 0. The third-order valence-corrected chi connectivity index (χ3v) is 3.56. The van der Waals surface area contributed by atoms with E-state index < -0.39 is 5.78 Å². The van der Waals surface area contributed by atoms with Gasteiger partial charge in [0.25, 0.3) is 0 Å². The molecular formula is C15H14N4O3. The summed E-state index contributed by atoms with van der Waals surface area (Å²) in [5, 5.41) is 5.63. The van der Waals surface area contributed by atoms with Crippen molar-refractivity contribution in [1.29, 1.82) is 0 Å². The minimum absolute atomic E-state index is 0.00601. The summed E-state index contributed by atoms with van der Waals surface area (Å²) in [4.78, 5) is 34.1. The van der Waals surface area contributed by atoms with Crippen LogP contribution in [0.5, 0.6) is 0 Å². The molecule has 0 aromatic heterocycles. The van der Waals surface area contributed by atoms with Crippen LogP contribution in [0.1, 0.15) is 27.0 Å². The summed E-state index contributed by atoms with van der Waals surface area (Å²) in [6, 6.07) is 5.61. The van der Waals surface area contributed by atoms with Crippen molar-refractivity contribution in [3.8, 4) is 0 Å². The van der Waals surface area contributed by atoms with Crippen molar-refractivity contribution in [3.63, 3.8) is 0 Å². The van der Waals surface area contributed by atoms with E-state index >= 15 is 0 Å². The van der Waals surface area contributed by atoms with Gasteiger partial charge in [-0.3, -0.25) is 4.79 Å². The fraction of sp³-hybridized carbons (Fsp3) is 0.133. The molecule has 2 rings (SSSR count). The Kier molecular flexibility index (Phi) is 3.98. The number of hydrogen-bond donors (Lipinski definition) is 2. The van der Waals surface area contributed by atoms with Crippen LogP contribution in [-0.4, -0.2) is 5.78 Å². The molecule has 0 aliphatic carbocycles. The van der Waals surface area contributed by atoms with Crippen molar-refractivity contribution in [3.05, 3.63) is 56.3 Å². The predicted octanol–water partition coefficient (Wildman–Crippen LogP) is 3.49. The van der Waals surface area contributed by atoms with E-state index in [2.05, 4.69) is 10.4 Å². The number of nitrogens with two attached hydrogens (primary N) is 2. The van der Waals surface area contributed by atoms with Gasteiger partial charge in [-0.2, -0.15) is 0 Å². The summed E-state index contributed by atoms with van der Waals surface area (Å²) in [5.41, 5.74) is 13.8. The average molecular weight is 298 g/mol. The first-order valence-corrected chi connectivity index (χ1v) is 6.40. The third kappa shape index (κ3) is 2.56. The van der Waals surface area contributed by atoms with Gasteiger partial charge >= 0.3 is 0 Å². The van der Waals surface area contributed by atoms with Gasteiger partial charge < -0.3 is 11.5 Å². The molecule has 0 atom stereocenters. The maximum absolute atomic E-state index is 12.5. The standard InChI is InChI=1S/C15H14N4O3/c1-7-11(16)3-9(4-12(7)17)15(20)10-5-13(18-21)8(2)14(6-10)19-22/h3-6H,16-17H2,1-2H3. The number of nitroso groups, excluding NO2 is 2. The van der Waals surface area contributed by atoms with E-state index in [1.165, 1.54) is 31.2 Å². The Labute approximate surface area is 126 Å². The summed E-state index contributed by atoms with van der Waals surface area (Å²) in [7, 11) is 0. The largest absolute Gasteiger partial charge is 0.398 e. The minimum atomic E-state index is -0.423. The Morgan fingerprint density at radius 2 is 1.23 bits per heavy atom. The second kappa shape index (κ2) is 5.72. The van der Waals surface area contributed by atoms with Crippen LogP contribution in [0.4, 0.5) is 22.7 Å². The molecule has 4 N–H and O–H groups in total. The molecule has 7 nitrogen and oxygen atoms in total. The van der Waals surface area contributed by atoms with Crippen LogP contribution in [-0.2, 0) is 0 Å². The Bertz CT molecular complexity index is 747. The molecule has 7 heteroatoms. The Hall–Kier alpha value is -3.09. The van der Waals surface area contributed by atoms with Crippen molar-refractivity contribution in [2.24, 2.45) is 10.4 Å². The number of nitrogens with zero attached hydrogens (tertiary/aromatic N) is 2. The molecule has 0 aliphatic rings. The number of anilines is 2. The molecule has 0 saturated carbocycles. The molecule has 22 heavy (non-hydrogen) atoms. The van der Waals surface area contributed by atoms with E-state index in [4.69, 9.17) is 11.5 Å². The SMILES string of the molecule is Cc1c(N)cc(C(=O)c2cc(N=O)c(C)c(N=O)c2)cc1N. The number of benzene rings is 2. The number of rotatable bonds is 4. The number of nitrogen functional groups attached to an aromatic ring is 2. The second-order valence-electron chi connectivity index (χ2n) is 4.93. The van der Waals surface area contributed by atoms with E-state index in [9.17, 15) is 14.6 Å². The van der Waals surface area contributed by atoms with E-state index in [0.29, 0.717) is 22.5 Å². The number of carbonyl (C=O) groups is 1. The molecule has 0 radical (unpaired) electrons. The van der Waals surface area contributed by atoms with Gasteiger partial charge in [-0.1, -0.05) is 0 Å². The van der Waals surface area contributed by atoms with E-state index in [-0.39, 0.29) is 22.5 Å². The molecule has 0 heterocycles. The monoisotopic (exact) mass is 298 g/mol. The van der Waals surface area contributed by atoms with Gasteiger partial charge in [-0.25, -0.2) is 0 Å². The zero-order valence-electron chi connectivity index (χ0n) is 12.1. The first kappa shape index (κ1) is 15.3. The lowest BCUT2D eigenvalue weighted by Gasteiger charge is -2.09. The highest BCUT2D eigenvalue weighted by molar-refractivity contribution is 6.11. The highest BCUT2D eigenvalue weighted by Gasteiger charge is 2.16. The van der Waals surface area contributed by atoms with Gasteiger partial charge in [0.15, 0.2) is 5.78 Å². The van der Waals surface area contributed by atoms with Gasteiger partial charge in [-0.15, -0.1) is 9.81 Å². The second-order valence-corrected chi connectivity index (χ2v) is 4.93. The van der Waals surface area contributed by atoms with Crippen molar-refractivity contribution >= 4 is 28.5 Å². The zero-order valence-corrected chi connectivity index (χ0v) is 12.1. The maximum atomic E-state index is 12.5. The molecule has 2 aromatic carbocycles. The molecule has 0 amide bonds. The number of hydrogen-bond acceptors (Lipinski definition) is 7. The van der Waals surface area contributed by atoms with Gasteiger partial charge in [0.05, 0.1) is 0 Å². The van der Waals surface area contributed by atoms with Crippen LogP contribution < -0.4 is 11.5 Å². The first-order valence-electron chi connectivity index (χ1n) is 6.40. The Morgan fingerprint density at radius 1 is 0.818 bits per heavy atom. The summed E-state index contributed by atoms with van der Waals surface area (Å²) < 4.78 is 0. The maximum Gasteiger partial charge on any atom is 0.193 e. The average Bonchev–Trinajstić information content (AvgIpc) is 2.51. The highest BCUT2D eigenvalue weighted by atomic mass is 16.3. The Balaban J connectivity index is 2.59. The van der Waals surface area contributed by atoms with Crippen molar-refractivity contribution in [2.75, 3.05) is 11.5 Å². The van der Waals surface area contributed by atoms with Gasteiger partial charge in [0, 0.05) is 28.1 Å². The Morgan fingerprint density at radius 3 is 1.64 bits per heavy atom. The normalized spacial score (nSPS) is 10.3. The van der Waals surface area contributed by atoms with Crippen LogP contribution in [0.2, 0.25) is 0 Å². The van der Waals surface area contributed by atoms with E-state index in [1.54, 1.807) is 6.92 Å². The summed E-state index contributed by atoms with van der Waals surface area (Å²) >= 11 is 0. The molecule has 0 aliphatic heterocycles. The van der Waals surface area contributed by atoms with Crippen molar-refractivity contribution in [2.45, 2.75) is 13.8 Å². The zero-order chi connectivity index (χ0) is 16.4. The highest BCUT2D eigenvalue weighted by Crippen LogP contribution is 2.31. The fourth-order valence-electron chi connectivity index (χ4n) is 2.06. The van der Waals surface area contributed by atoms with Crippen LogP contribution in [0.25, 0.3) is 0 Å². The van der Waals surface area contributed by atoms with Crippen LogP contribution >= 0.6 is 0 Å². The smallest absolute Gasteiger partial charge is 0.193 e. The lowest BCUT2D eigenvalue weighted by Crippen LogP contribution is -2.05. The molecule has 0 fully saturated rings. The lowest BCUT2D eigenvalue weighted by molar-refractivity contribution is 0.103. The predicted molar refractivity (Wildman–Crippen MR) is 85.5 cm³/mol. The van der Waals surface area contributed by atoms with Gasteiger partial charge in [-0.05, 0) is 54.0 Å². The molecule has 112 valence electrons. The minimum Gasteiger partial charge on any atom is -0.398 e. The molecule has 0 spiro atoms. The number of ketones is 1. The van der Waals surface area contributed by atoms with Crippen molar-refractivity contribution in [1.82, 2.24) is 0 Å². The summed E-state index contributed by atoms with van der Waals surface area (Å²) in [6.45, 7) is 3.28. The quantitative estimate of drug-likeness (QED) is 0.507. The van der Waals surface area contributed by atoms with E-state index in [0.717, 1.165) is 0 Å². The number of carbonyl (C=O) groups excluding carboxylic acids is 1. The van der Waals surface area contributed by atoms with Crippen LogP contribution in [0.3, 0.4) is 0 Å².